The number of anilines is 1. The fourth-order valence-electron chi connectivity index (χ4n) is 3.88. The average molecular weight is 576 g/mol. The van der Waals surface area contributed by atoms with Crippen LogP contribution < -0.4 is 15.6 Å². The maximum absolute atomic E-state index is 13.1. The van der Waals surface area contributed by atoms with Crippen LogP contribution in [0.2, 0.25) is 0 Å². The minimum atomic E-state index is -0.893. The second-order valence-electron chi connectivity index (χ2n) is 7.87. The van der Waals surface area contributed by atoms with Gasteiger partial charge < -0.3 is 15.9 Å². The molecule has 37 heavy (non-hydrogen) atoms. The highest BCUT2D eigenvalue weighted by Crippen LogP contribution is 2.44. The second kappa shape index (κ2) is 10.2. The number of carbonyl (C=O) groups excluding carboxylic acids is 3. The first-order valence-electron chi connectivity index (χ1n) is 10.6. The highest BCUT2D eigenvalue weighted by atomic mass is 32.2. The first-order chi connectivity index (χ1) is 17.8. The summed E-state index contributed by atoms with van der Waals surface area (Å²) >= 11 is 7.75. The fraction of sp³-hybridized carbons (Fsp3) is 0.238. The number of aryl methyl sites for hydroxylation is 1. The van der Waals surface area contributed by atoms with E-state index in [2.05, 4.69) is 32.5 Å². The molecule has 0 aromatic carbocycles. The van der Waals surface area contributed by atoms with Crippen molar-refractivity contribution in [3.8, 4) is 11.3 Å². The summed E-state index contributed by atoms with van der Waals surface area (Å²) in [5.74, 6) is -0.759. The Balaban J connectivity index is 1.39. The van der Waals surface area contributed by atoms with Crippen molar-refractivity contribution < 1.29 is 23.8 Å². The Labute approximate surface area is 228 Å². The molecule has 3 N–H and O–H groups in total. The van der Waals surface area contributed by atoms with E-state index in [4.69, 9.17) is 15.6 Å². The monoisotopic (exact) mass is 575 g/mol. The van der Waals surface area contributed by atoms with Crippen molar-refractivity contribution in [1.29, 1.82) is 0 Å². The summed E-state index contributed by atoms with van der Waals surface area (Å²) in [5.41, 5.74) is 7.89. The average Bonchev–Trinajstić information content (AvgIpc) is 3.54. The molecule has 190 valence electrons. The second-order valence-corrected chi connectivity index (χ2v) is 11.0. The van der Waals surface area contributed by atoms with Gasteiger partial charge >= 0.3 is 0 Å². The molecule has 12 nitrogen and oxygen atoms in total. The van der Waals surface area contributed by atoms with Crippen LogP contribution in [0.15, 0.2) is 40.8 Å². The van der Waals surface area contributed by atoms with Crippen LogP contribution in [0.3, 0.4) is 0 Å². The number of hydrogen-bond acceptors (Lipinski definition) is 12. The Hall–Kier alpha value is -3.34. The third-order valence-electron chi connectivity index (χ3n) is 5.51. The van der Waals surface area contributed by atoms with E-state index < -0.39 is 28.3 Å². The number of amides is 2. The van der Waals surface area contributed by atoms with Gasteiger partial charge in [0.05, 0.1) is 11.3 Å². The van der Waals surface area contributed by atoms with Crippen molar-refractivity contribution in [3.63, 3.8) is 0 Å². The number of rotatable bonds is 7. The molecule has 16 heteroatoms. The Bertz CT molecular complexity index is 1480. The van der Waals surface area contributed by atoms with Gasteiger partial charge in [-0.05, 0) is 6.07 Å². The first-order valence-corrected chi connectivity index (χ1v) is 13.8. The lowest BCUT2D eigenvalue weighted by atomic mass is 10.0. The van der Waals surface area contributed by atoms with Crippen LogP contribution >= 0.6 is 47.3 Å². The van der Waals surface area contributed by atoms with E-state index in [1.165, 1.54) is 35.1 Å². The van der Waals surface area contributed by atoms with Crippen LogP contribution in [0, 0.1) is 0 Å². The van der Waals surface area contributed by atoms with Crippen LogP contribution in [0.1, 0.15) is 10.8 Å². The molecule has 1 saturated heterocycles. The van der Waals surface area contributed by atoms with Gasteiger partial charge in [-0.3, -0.25) is 19.3 Å². The Morgan fingerprint density at radius 2 is 2.19 bits per heavy atom. The van der Waals surface area contributed by atoms with Crippen LogP contribution in [-0.4, -0.2) is 66.2 Å². The molecule has 0 saturated carbocycles. The number of thioether (sulfide) groups is 1. The Kier molecular flexibility index (Phi) is 6.98. The van der Waals surface area contributed by atoms with Gasteiger partial charge in [0.2, 0.25) is 16.7 Å². The third kappa shape index (κ3) is 4.72. The van der Waals surface area contributed by atoms with Gasteiger partial charge in [0, 0.05) is 34.3 Å². The fourth-order valence-corrected chi connectivity index (χ4v) is 6.87. The molecule has 1 fully saturated rings. The Morgan fingerprint density at radius 1 is 1.38 bits per heavy atom. The van der Waals surface area contributed by atoms with E-state index in [0.29, 0.717) is 16.3 Å². The van der Waals surface area contributed by atoms with E-state index in [1.807, 2.05) is 41.5 Å². The number of fused-ring (bicyclic) bond motifs is 1. The molecule has 5 heterocycles. The van der Waals surface area contributed by atoms with Crippen molar-refractivity contribution in [2.75, 3.05) is 18.6 Å². The molecule has 2 amide bonds. The number of nitrogens with zero attached hydrogens (tertiary/aromatic N) is 6. The maximum atomic E-state index is 13.1. The summed E-state index contributed by atoms with van der Waals surface area (Å²) in [6.07, 6.45) is 3.87. The standard InChI is InChI=1S/C21H18N8O4S4/c1-28-5-3-4-9(6-28)11-8-35-17(23-11)10-7-36-19-13(18(31)29(19)14(10)20(32)34)24-16(30)12(26-33-2)15-25-21(22)37-27-15/h3-6,8,13,19H,7H2,1-2H3,(H3-,22,24,25,27,30,32,34)/p+1/b26-12-/t13-,19-/m1/s1. The van der Waals surface area contributed by atoms with Gasteiger partial charge in [0.1, 0.15) is 36.3 Å². The van der Waals surface area contributed by atoms with Crippen molar-refractivity contribution >= 4 is 80.6 Å². The molecule has 0 aliphatic carbocycles. The molecule has 2 aliphatic heterocycles. The number of hydrogen-bond donors (Lipinski definition) is 3. The number of thiazole rings is 1. The van der Waals surface area contributed by atoms with Gasteiger partial charge in [-0.2, -0.15) is 9.36 Å². The lowest BCUT2D eigenvalue weighted by Crippen LogP contribution is -2.70. The predicted molar refractivity (Wildman–Crippen MR) is 143 cm³/mol. The van der Waals surface area contributed by atoms with Crippen molar-refractivity contribution in [2.45, 2.75) is 11.4 Å². The molecule has 0 spiro atoms. The van der Waals surface area contributed by atoms with Crippen LogP contribution in [0.25, 0.3) is 16.8 Å². The molecule has 3 aromatic heterocycles. The quantitative estimate of drug-likeness (QED) is 0.121. The number of oxime groups is 1. The molecule has 5 rings (SSSR count). The predicted octanol–water partition coefficient (Wildman–Crippen LogP) is 0.686. The zero-order valence-electron chi connectivity index (χ0n) is 19.3. The summed E-state index contributed by atoms with van der Waals surface area (Å²) in [6, 6.07) is 2.98. The van der Waals surface area contributed by atoms with Gasteiger partial charge in [-0.25, -0.2) is 9.55 Å². The molecule has 0 unspecified atom stereocenters. The SMILES string of the molecule is CO/N=C(\C(=O)N[C@@H]1C(=O)N2C(C(=O)S)=C(c3nc(-c4ccc[n+](C)c4)cs3)CS[C@H]12)c1nsc(N)n1. The zero-order chi connectivity index (χ0) is 26.3. The summed E-state index contributed by atoms with van der Waals surface area (Å²) in [7, 11) is 3.20. The Morgan fingerprint density at radius 3 is 2.86 bits per heavy atom. The van der Waals surface area contributed by atoms with E-state index >= 15 is 0 Å². The summed E-state index contributed by atoms with van der Waals surface area (Å²) < 4.78 is 5.90. The molecular weight excluding hydrogens is 557 g/mol. The normalized spacial score (nSPS) is 19.4. The number of nitrogens with two attached hydrogens (primary N) is 1. The molecular formula is C21H19N8O4S4+. The maximum Gasteiger partial charge on any atom is 0.278 e. The third-order valence-corrected chi connectivity index (χ3v) is 8.44. The molecule has 2 atom stereocenters. The molecule has 0 bridgehead atoms. The molecule has 3 aromatic rings. The highest BCUT2D eigenvalue weighted by molar-refractivity contribution is 8.00. The summed E-state index contributed by atoms with van der Waals surface area (Å²) in [6.45, 7) is 0. The van der Waals surface area contributed by atoms with E-state index in [-0.39, 0.29) is 22.4 Å². The number of nitrogens with one attached hydrogen (secondary N) is 1. The number of β-lactam (4-membered cyclic amide) rings is 1. The van der Waals surface area contributed by atoms with Crippen LogP contribution in [0.5, 0.6) is 0 Å². The van der Waals surface area contributed by atoms with Gasteiger partial charge in [0.25, 0.3) is 11.8 Å². The largest absolute Gasteiger partial charge is 0.398 e. The molecule has 2 aliphatic rings. The first kappa shape index (κ1) is 25.3. The summed E-state index contributed by atoms with van der Waals surface area (Å²) in [4.78, 5) is 53.4. The van der Waals surface area contributed by atoms with Crippen molar-refractivity contribution in [2.24, 2.45) is 12.2 Å². The van der Waals surface area contributed by atoms with Crippen molar-refractivity contribution in [3.05, 3.63) is 46.4 Å². The van der Waals surface area contributed by atoms with Gasteiger partial charge in [-0.1, -0.05) is 17.8 Å². The van der Waals surface area contributed by atoms with Crippen molar-refractivity contribution in [1.82, 2.24) is 24.6 Å². The van der Waals surface area contributed by atoms with Crippen LogP contribution in [-0.2, 0) is 26.3 Å². The number of thiol groups is 1. The van der Waals surface area contributed by atoms with Crippen LogP contribution in [0.4, 0.5) is 5.13 Å². The van der Waals surface area contributed by atoms with Gasteiger partial charge in [-0.15, -0.1) is 23.1 Å². The zero-order valence-corrected chi connectivity index (χ0v) is 22.7. The number of aromatic nitrogens is 4. The van der Waals surface area contributed by atoms with E-state index in [1.54, 1.807) is 0 Å². The topological polar surface area (TPSA) is 157 Å². The smallest absolute Gasteiger partial charge is 0.278 e. The minimum Gasteiger partial charge on any atom is -0.398 e. The molecule has 0 radical (unpaired) electrons. The van der Waals surface area contributed by atoms with E-state index in [9.17, 15) is 14.4 Å². The summed E-state index contributed by atoms with van der Waals surface area (Å²) in [5, 5.41) is 7.98. The minimum absolute atomic E-state index is 0.0123. The lowest BCUT2D eigenvalue weighted by Gasteiger charge is -2.49. The number of pyridine rings is 1. The van der Waals surface area contributed by atoms with E-state index in [0.717, 1.165) is 22.8 Å². The number of carbonyl (C=O) groups is 3. The van der Waals surface area contributed by atoms with Gasteiger partial charge in [0.15, 0.2) is 17.5 Å². The number of nitrogen functional groups attached to an aromatic ring is 1. The highest BCUT2D eigenvalue weighted by Gasteiger charge is 2.54. The lowest BCUT2D eigenvalue weighted by molar-refractivity contribution is -0.671.